The molecule has 4 heteroatoms. The number of rotatable bonds is 3. The van der Waals surface area contributed by atoms with Gasteiger partial charge in [0.2, 0.25) is 0 Å². The van der Waals surface area contributed by atoms with E-state index in [4.69, 9.17) is 29.6 Å². The lowest BCUT2D eigenvalue weighted by Crippen LogP contribution is -2.26. The van der Waals surface area contributed by atoms with Gasteiger partial charge in [0, 0.05) is 22.3 Å². The van der Waals surface area contributed by atoms with Gasteiger partial charge in [-0.2, -0.15) is 0 Å². The van der Waals surface area contributed by atoms with Gasteiger partial charge in [0.05, 0.1) is 0 Å². The van der Waals surface area contributed by atoms with Crippen LogP contribution in [-0.4, -0.2) is 11.0 Å². The second-order valence-corrected chi connectivity index (χ2v) is 6.03. The van der Waals surface area contributed by atoms with Crippen LogP contribution in [0.4, 0.5) is 5.69 Å². The van der Waals surface area contributed by atoms with Gasteiger partial charge in [0.25, 0.3) is 0 Å². The van der Waals surface area contributed by atoms with E-state index in [0.717, 1.165) is 17.2 Å². The van der Waals surface area contributed by atoms with E-state index in [0.29, 0.717) is 16.1 Å². The van der Waals surface area contributed by atoms with Gasteiger partial charge >= 0.3 is 0 Å². The number of halogens is 1. The molecule has 1 saturated carbocycles. The van der Waals surface area contributed by atoms with Crippen molar-refractivity contribution in [2.24, 2.45) is 11.7 Å². The zero-order valence-electron chi connectivity index (χ0n) is 10.6. The molecule has 0 atom stereocenters. The lowest BCUT2D eigenvalue weighted by Gasteiger charge is -2.28. The van der Waals surface area contributed by atoms with E-state index in [9.17, 15) is 0 Å². The molecular formula is C14H19ClN2S. The fourth-order valence-electron chi connectivity index (χ4n) is 2.47. The standard InChI is InChI=1S/C14H19ClN2S/c1-9-2-5-11(6-3-9)17-13-7-4-10(15)8-12(13)14(16)18/h4,7-9,11,17H,2-3,5-6H2,1H3,(H2,16,18). The molecule has 18 heavy (non-hydrogen) atoms. The Bertz CT molecular complexity index is 439. The average molecular weight is 283 g/mol. The lowest BCUT2D eigenvalue weighted by molar-refractivity contribution is 0.361. The maximum atomic E-state index is 5.98. The summed E-state index contributed by atoms with van der Waals surface area (Å²) in [5.74, 6) is 0.850. The number of nitrogens with one attached hydrogen (secondary N) is 1. The summed E-state index contributed by atoms with van der Waals surface area (Å²) in [5.41, 5.74) is 7.59. The van der Waals surface area contributed by atoms with Crippen molar-refractivity contribution >= 4 is 34.5 Å². The minimum atomic E-state index is 0.393. The minimum Gasteiger partial charge on any atom is -0.389 e. The van der Waals surface area contributed by atoms with E-state index in [2.05, 4.69) is 12.2 Å². The Morgan fingerprint density at radius 2 is 2.00 bits per heavy atom. The third-order valence-electron chi connectivity index (χ3n) is 3.62. The Morgan fingerprint density at radius 1 is 1.33 bits per heavy atom. The van der Waals surface area contributed by atoms with E-state index in [1.165, 1.54) is 25.7 Å². The van der Waals surface area contributed by atoms with E-state index in [1.807, 2.05) is 18.2 Å². The van der Waals surface area contributed by atoms with E-state index in [1.54, 1.807) is 0 Å². The molecular weight excluding hydrogens is 264 g/mol. The van der Waals surface area contributed by atoms with Gasteiger partial charge in [0.1, 0.15) is 4.99 Å². The second kappa shape index (κ2) is 5.89. The molecule has 0 heterocycles. The van der Waals surface area contributed by atoms with Crippen LogP contribution in [0.3, 0.4) is 0 Å². The summed E-state index contributed by atoms with van der Waals surface area (Å²) in [5, 5.41) is 4.22. The first-order valence-corrected chi connectivity index (χ1v) is 7.21. The molecule has 1 fully saturated rings. The van der Waals surface area contributed by atoms with E-state index in [-0.39, 0.29) is 0 Å². The van der Waals surface area contributed by atoms with Crippen LogP contribution in [0.15, 0.2) is 18.2 Å². The van der Waals surface area contributed by atoms with Crippen LogP contribution < -0.4 is 11.1 Å². The highest BCUT2D eigenvalue weighted by Crippen LogP contribution is 2.28. The molecule has 0 bridgehead atoms. The predicted octanol–water partition coefficient (Wildman–Crippen LogP) is 3.96. The smallest absolute Gasteiger partial charge is 0.106 e. The topological polar surface area (TPSA) is 38.0 Å². The molecule has 1 aliphatic carbocycles. The fourth-order valence-corrected chi connectivity index (χ4v) is 2.81. The van der Waals surface area contributed by atoms with Gasteiger partial charge in [-0.25, -0.2) is 0 Å². The highest BCUT2D eigenvalue weighted by atomic mass is 35.5. The normalized spacial score (nSPS) is 23.7. The van der Waals surface area contributed by atoms with Crippen molar-refractivity contribution in [3.63, 3.8) is 0 Å². The van der Waals surface area contributed by atoms with Crippen LogP contribution >= 0.6 is 23.8 Å². The first kappa shape index (κ1) is 13.6. The first-order chi connectivity index (χ1) is 8.56. The molecule has 0 radical (unpaired) electrons. The zero-order chi connectivity index (χ0) is 13.1. The van der Waals surface area contributed by atoms with Crippen molar-refractivity contribution in [2.45, 2.75) is 38.6 Å². The molecule has 1 aromatic carbocycles. The summed E-state index contributed by atoms with van der Waals surface area (Å²) < 4.78 is 0. The number of hydrogen-bond acceptors (Lipinski definition) is 2. The van der Waals surface area contributed by atoms with Gasteiger partial charge in [-0.1, -0.05) is 30.7 Å². The van der Waals surface area contributed by atoms with Crippen molar-refractivity contribution in [1.29, 1.82) is 0 Å². The Balaban J connectivity index is 2.11. The van der Waals surface area contributed by atoms with Crippen LogP contribution in [-0.2, 0) is 0 Å². The number of benzene rings is 1. The molecule has 0 amide bonds. The van der Waals surface area contributed by atoms with Gasteiger partial charge < -0.3 is 11.1 Å². The summed E-state index contributed by atoms with van der Waals surface area (Å²) in [6, 6.07) is 6.19. The molecule has 3 N–H and O–H groups in total. The summed E-state index contributed by atoms with van der Waals surface area (Å²) in [7, 11) is 0. The van der Waals surface area contributed by atoms with Crippen molar-refractivity contribution < 1.29 is 0 Å². The van der Waals surface area contributed by atoms with Crippen molar-refractivity contribution in [3.05, 3.63) is 28.8 Å². The van der Waals surface area contributed by atoms with Crippen molar-refractivity contribution in [1.82, 2.24) is 0 Å². The van der Waals surface area contributed by atoms with E-state index < -0.39 is 0 Å². The minimum absolute atomic E-state index is 0.393. The third kappa shape index (κ3) is 3.36. The predicted molar refractivity (Wildman–Crippen MR) is 82.4 cm³/mol. The molecule has 0 aromatic heterocycles. The van der Waals surface area contributed by atoms with Gasteiger partial charge in [-0.05, 0) is 49.8 Å². The van der Waals surface area contributed by atoms with Crippen molar-refractivity contribution in [3.8, 4) is 0 Å². The SMILES string of the molecule is CC1CCC(Nc2ccc(Cl)cc2C(N)=S)CC1. The Morgan fingerprint density at radius 3 is 2.61 bits per heavy atom. The Kier molecular flexibility index (Phi) is 4.46. The third-order valence-corrected chi connectivity index (χ3v) is 4.08. The molecule has 0 saturated heterocycles. The van der Waals surface area contributed by atoms with Crippen LogP contribution in [0.25, 0.3) is 0 Å². The number of thiocarbonyl (C=S) groups is 1. The number of hydrogen-bond donors (Lipinski definition) is 2. The summed E-state index contributed by atoms with van der Waals surface area (Å²) >= 11 is 11.1. The van der Waals surface area contributed by atoms with Crippen LogP contribution in [0.1, 0.15) is 38.2 Å². The maximum Gasteiger partial charge on any atom is 0.106 e. The van der Waals surface area contributed by atoms with E-state index >= 15 is 0 Å². The van der Waals surface area contributed by atoms with Gasteiger partial charge in [0.15, 0.2) is 0 Å². The summed E-state index contributed by atoms with van der Waals surface area (Å²) in [4.78, 5) is 0.393. The van der Waals surface area contributed by atoms with Crippen LogP contribution in [0.2, 0.25) is 5.02 Å². The quantitative estimate of drug-likeness (QED) is 0.824. The van der Waals surface area contributed by atoms with Crippen molar-refractivity contribution in [2.75, 3.05) is 5.32 Å². The Hall–Kier alpha value is -0.800. The first-order valence-electron chi connectivity index (χ1n) is 6.42. The van der Waals surface area contributed by atoms with Crippen LogP contribution in [0, 0.1) is 5.92 Å². The van der Waals surface area contributed by atoms with Gasteiger partial charge in [-0.3, -0.25) is 0 Å². The molecule has 0 unspecified atom stereocenters. The molecule has 98 valence electrons. The second-order valence-electron chi connectivity index (χ2n) is 5.16. The molecule has 2 nitrogen and oxygen atoms in total. The zero-order valence-corrected chi connectivity index (χ0v) is 12.2. The summed E-state index contributed by atoms with van der Waals surface area (Å²) in [6.07, 6.45) is 4.99. The molecule has 1 aromatic rings. The molecule has 0 spiro atoms. The average Bonchev–Trinajstić information content (AvgIpc) is 2.34. The Labute approximate surface area is 119 Å². The largest absolute Gasteiger partial charge is 0.389 e. The fraction of sp³-hybridized carbons (Fsp3) is 0.500. The number of anilines is 1. The maximum absolute atomic E-state index is 5.98. The molecule has 1 aliphatic rings. The van der Waals surface area contributed by atoms with Gasteiger partial charge in [-0.15, -0.1) is 0 Å². The molecule has 2 rings (SSSR count). The molecule has 0 aliphatic heterocycles. The van der Waals surface area contributed by atoms with Crippen LogP contribution in [0.5, 0.6) is 0 Å². The summed E-state index contributed by atoms with van der Waals surface area (Å²) in [6.45, 7) is 2.32. The number of nitrogens with two attached hydrogens (primary N) is 1. The highest BCUT2D eigenvalue weighted by molar-refractivity contribution is 7.80. The lowest BCUT2D eigenvalue weighted by atomic mass is 9.87. The monoisotopic (exact) mass is 282 g/mol. The highest BCUT2D eigenvalue weighted by Gasteiger charge is 2.19.